The summed E-state index contributed by atoms with van der Waals surface area (Å²) in [4.78, 5) is 14.7. The van der Waals surface area contributed by atoms with E-state index in [0.717, 1.165) is 19.3 Å². The number of aryl methyl sites for hydroxylation is 1. The topological polar surface area (TPSA) is 46.3 Å². The summed E-state index contributed by atoms with van der Waals surface area (Å²) >= 11 is 0. The molecule has 3 nitrogen and oxygen atoms in total. The van der Waals surface area contributed by atoms with E-state index >= 15 is 0 Å². The van der Waals surface area contributed by atoms with Crippen molar-refractivity contribution in [2.75, 3.05) is 5.73 Å². The zero-order chi connectivity index (χ0) is 15.5. The summed E-state index contributed by atoms with van der Waals surface area (Å²) in [6.45, 7) is 2.83. The van der Waals surface area contributed by atoms with Gasteiger partial charge in [0.15, 0.2) is 0 Å². The molecule has 0 spiro atoms. The lowest BCUT2D eigenvalue weighted by Gasteiger charge is -2.23. The Morgan fingerprint density at radius 2 is 1.64 bits per heavy atom. The molecular formula is C19H22N2O. The lowest BCUT2D eigenvalue weighted by molar-refractivity contribution is 0.0730. The van der Waals surface area contributed by atoms with Crippen LogP contribution in [0.5, 0.6) is 0 Å². The van der Waals surface area contributed by atoms with Gasteiger partial charge in [-0.05, 0) is 54.7 Å². The Morgan fingerprint density at radius 3 is 2.18 bits per heavy atom. The Morgan fingerprint density at radius 1 is 1.05 bits per heavy atom. The third kappa shape index (κ3) is 3.30. The van der Waals surface area contributed by atoms with Crippen molar-refractivity contribution in [3.8, 4) is 0 Å². The zero-order valence-corrected chi connectivity index (χ0v) is 13.0. The van der Waals surface area contributed by atoms with Crippen molar-refractivity contribution in [2.45, 2.75) is 38.8 Å². The fraction of sp³-hybridized carbons (Fsp3) is 0.316. The highest BCUT2D eigenvalue weighted by molar-refractivity contribution is 5.94. The number of nitrogens with zero attached hydrogens (tertiary/aromatic N) is 1. The van der Waals surface area contributed by atoms with Crippen LogP contribution in [0.15, 0.2) is 48.5 Å². The Balaban J connectivity index is 1.77. The molecule has 0 radical (unpaired) electrons. The van der Waals surface area contributed by atoms with Gasteiger partial charge in [-0.2, -0.15) is 0 Å². The Bertz CT molecular complexity index is 642. The van der Waals surface area contributed by atoms with E-state index in [4.69, 9.17) is 5.73 Å². The molecule has 1 fully saturated rings. The van der Waals surface area contributed by atoms with Gasteiger partial charge in [0.2, 0.25) is 0 Å². The molecule has 2 N–H and O–H groups in total. The average Bonchev–Trinajstić information content (AvgIpc) is 3.38. The number of nitrogens with two attached hydrogens (primary N) is 1. The molecule has 0 bridgehead atoms. The van der Waals surface area contributed by atoms with Gasteiger partial charge >= 0.3 is 0 Å². The summed E-state index contributed by atoms with van der Waals surface area (Å²) in [7, 11) is 0. The number of nitrogen functional groups attached to an aromatic ring is 1. The van der Waals surface area contributed by atoms with Crippen molar-refractivity contribution in [3.05, 3.63) is 65.2 Å². The van der Waals surface area contributed by atoms with Crippen LogP contribution in [0.3, 0.4) is 0 Å². The largest absolute Gasteiger partial charge is 0.399 e. The van der Waals surface area contributed by atoms with Gasteiger partial charge in [-0.1, -0.05) is 31.2 Å². The molecule has 0 unspecified atom stereocenters. The number of anilines is 1. The first kappa shape index (κ1) is 14.6. The van der Waals surface area contributed by atoms with Crippen LogP contribution in [-0.4, -0.2) is 16.8 Å². The van der Waals surface area contributed by atoms with Crippen LogP contribution in [0.25, 0.3) is 0 Å². The number of amides is 1. The number of carbonyl (C=O) groups excluding carboxylic acids is 1. The Kier molecular flexibility index (Phi) is 4.14. The van der Waals surface area contributed by atoms with Gasteiger partial charge in [0.1, 0.15) is 0 Å². The molecule has 0 aliphatic heterocycles. The summed E-state index contributed by atoms with van der Waals surface area (Å²) < 4.78 is 0. The highest BCUT2D eigenvalue weighted by Gasteiger charge is 2.32. The molecule has 3 heteroatoms. The molecule has 2 aromatic carbocycles. The molecule has 114 valence electrons. The van der Waals surface area contributed by atoms with Crippen molar-refractivity contribution in [2.24, 2.45) is 0 Å². The molecule has 0 saturated heterocycles. The van der Waals surface area contributed by atoms with Crippen molar-refractivity contribution in [1.82, 2.24) is 4.90 Å². The van der Waals surface area contributed by atoms with Crippen molar-refractivity contribution in [1.29, 1.82) is 0 Å². The fourth-order valence-corrected chi connectivity index (χ4v) is 2.62. The molecule has 1 aliphatic rings. The van der Waals surface area contributed by atoms with E-state index in [9.17, 15) is 4.79 Å². The number of benzene rings is 2. The minimum atomic E-state index is 0.0991. The SMILES string of the molecule is CCc1ccc(CN(C(=O)c2ccc(N)cc2)C2CC2)cc1. The second kappa shape index (κ2) is 6.22. The average molecular weight is 294 g/mol. The van der Waals surface area contributed by atoms with E-state index in [-0.39, 0.29) is 5.91 Å². The first-order valence-electron chi connectivity index (χ1n) is 7.91. The minimum absolute atomic E-state index is 0.0991. The van der Waals surface area contributed by atoms with Crippen LogP contribution in [-0.2, 0) is 13.0 Å². The third-order valence-electron chi connectivity index (χ3n) is 4.19. The van der Waals surface area contributed by atoms with E-state index in [2.05, 4.69) is 31.2 Å². The number of hydrogen-bond acceptors (Lipinski definition) is 2. The molecule has 1 saturated carbocycles. The van der Waals surface area contributed by atoms with Crippen LogP contribution < -0.4 is 5.73 Å². The number of hydrogen-bond donors (Lipinski definition) is 1. The number of carbonyl (C=O) groups is 1. The quantitative estimate of drug-likeness (QED) is 0.856. The van der Waals surface area contributed by atoms with Gasteiger partial charge in [0.25, 0.3) is 5.91 Å². The Hall–Kier alpha value is -2.29. The summed E-state index contributed by atoms with van der Waals surface area (Å²) in [5.41, 5.74) is 9.61. The molecule has 2 aromatic rings. The first-order chi connectivity index (χ1) is 10.7. The maximum Gasteiger partial charge on any atom is 0.254 e. The molecule has 22 heavy (non-hydrogen) atoms. The van der Waals surface area contributed by atoms with Gasteiger partial charge < -0.3 is 10.6 Å². The highest BCUT2D eigenvalue weighted by Crippen LogP contribution is 2.30. The van der Waals surface area contributed by atoms with Crippen molar-refractivity contribution in [3.63, 3.8) is 0 Å². The van der Waals surface area contributed by atoms with Gasteiger partial charge in [-0.3, -0.25) is 4.79 Å². The van der Waals surface area contributed by atoms with Crippen LogP contribution in [0.2, 0.25) is 0 Å². The smallest absolute Gasteiger partial charge is 0.254 e. The predicted molar refractivity (Wildman–Crippen MR) is 89.6 cm³/mol. The monoisotopic (exact) mass is 294 g/mol. The van der Waals surface area contributed by atoms with E-state index < -0.39 is 0 Å². The summed E-state index contributed by atoms with van der Waals surface area (Å²) in [6.07, 6.45) is 3.25. The molecular weight excluding hydrogens is 272 g/mol. The maximum absolute atomic E-state index is 12.8. The summed E-state index contributed by atoms with van der Waals surface area (Å²) in [6, 6.07) is 16.1. The fourth-order valence-electron chi connectivity index (χ4n) is 2.62. The molecule has 1 aliphatic carbocycles. The third-order valence-corrected chi connectivity index (χ3v) is 4.19. The minimum Gasteiger partial charge on any atom is -0.399 e. The molecule has 0 heterocycles. The Labute approximate surface area is 131 Å². The van der Waals surface area contributed by atoms with Crippen molar-refractivity contribution < 1.29 is 4.79 Å². The van der Waals surface area contributed by atoms with Crippen LogP contribution >= 0.6 is 0 Å². The maximum atomic E-state index is 12.8. The predicted octanol–water partition coefficient (Wildman–Crippen LogP) is 3.64. The second-order valence-corrected chi connectivity index (χ2v) is 5.96. The summed E-state index contributed by atoms with van der Waals surface area (Å²) in [5, 5.41) is 0. The van der Waals surface area contributed by atoms with Gasteiger partial charge in [-0.15, -0.1) is 0 Å². The molecule has 0 aromatic heterocycles. The van der Waals surface area contributed by atoms with Gasteiger partial charge in [0, 0.05) is 23.8 Å². The van der Waals surface area contributed by atoms with Crippen LogP contribution in [0.4, 0.5) is 5.69 Å². The number of rotatable bonds is 5. The lowest BCUT2D eigenvalue weighted by Crippen LogP contribution is -2.32. The molecule has 3 rings (SSSR count). The molecule has 1 amide bonds. The van der Waals surface area contributed by atoms with Crippen molar-refractivity contribution >= 4 is 11.6 Å². The highest BCUT2D eigenvalue weighted by atomic mass is 16.2. The lowest BCUT2D eigenvalue weighted by atomic mass is 10.1. The molecule has 0 atom stereocenters. The summed E-state index contributed by atoms with van der Waals surface area (Å²) in [5.74, 6) is 0.0991. The van der Waals surface area contributed by atoms with Gasteiger partial charge in [-0.25, -0.2) is 0 Å². The van der Waals surface area contributed by atoms with E-state index in [0.29, 0.717) is 23.8 Å². The van der Waals surface area contributed by atoms with Gasteiger partial charge in [0.05, 0.1) is 0 Å². The zero-order valence-electron chi connectivity index (χ0n) is 13.0. The van der Waals surface area contributed by atoms with E-state index in [1.807, 2.05) is 17.0 Å². The first-order valence-corrected chi connectivity index (χ1v) is 7.91. The van der Waals surface area contributed by atoms with E-state index in [1.54, 1.807) is 12.1 Å². The van der Waals surface area contributed by atoms with E-state index in [1.165, 1.54) is 11.1 Å². The second-order valence-electron chi connectivity index (χ2n) is 5.96. The normalized spacial score (nSPS) is 13.9. The standard InChI is InChI=1S/C19H22N2O/c1-2-14-3-5-15(6-4-14)13-21(18-11-12-18)19(22)16-7-9-17(20)10-8-16/h3-10,18H,2,11-13,20H2,1H3. The van der Waals surface area contributed by atoms with Crippen LogP contribution in [0, 0.1) is 0 Å². The van der Waals surface area contributed by atoms with Crippen LogP contribution in [0.1, 0.15) is 41.3 Å².